The van der Waals surface area contributed by atoms with E-state index in [2.05, 4.69) is 15.3 Å². The smallest absolute Gasteiger partial charge is 0.354 e. The Bertz CT molecular complexity index is 569. The van der Waals surface area contributed by atoms with Gasteiger partial charge in [-0.05, 0) is 36.7 Å². The topological polar surface area (TPSA) is 101 Å². The van der Waals surface area contributed by atoms with Gasteiger partial charge in [0, 0.05) is 11.9 Å². The lowest BCUT2D eigenvalue weighted by Gasteiger charge is -2.06. The summed E-state index contributed by atoms with van der Waals surface area (Å²) < 4.78 is 0. The second-order valence-corrected chi connectivity index (χ2v) is 3.93. The second kappa shape index (κ2) is 5.92. The Labute approximate surface area is 110 Å². The van der Waals surface area contributed by atoms with Gasteiger partial charge in [-0.2, -0.15) is 0 Å². The molecule has 4 N–H and O–H groups in total. The van der Waals surface area contributed by atoms with Crippen LogP contribution in [0.5, 0.6) is 0 Å². The highest BCUT2D eigenvalue weighted by molar-refractivity contribution is 5.85. The minimum absolute atomic E-state index is 0.0442. The zero-order chi connectivity index (χ0) is 13.7. The molecular weight excluding hydrogens is 244 g/mol. The molecule has 1 aromatic heterocycles. The van der Waals surface area contributed by atoms with E-state index in [-0.39, 0.29) is 11.6 Å². The van der Waals surface area contributed by atoms with E-state index in [0.717, 1.165) is 17.7 Å². The largest absolute Gasteiger partial charge is 0.477 e. The number of carboxylic acid groups (broad SMARTS) is 1. The van der Waals surface area contributed by atoms with E-state index in [1.54, 1.807) is 0 Å². The van der Waals surface area contributed by atoms with Gasteiger partial charge in [0.05, 0.1) is 0 Å². The molecule has 2 aromatic rings. The third-order valence-electron chi connectivity index (χ3n) is 2.52. The summed E-state index contributed by atoms with van der Waals surface area (Å²) in [5.41, 5.74) is 7.37. The molecule has 98 valence electrons. The van der Waals surface area contributed by atoms with Crippen LogP contribution in [0.3, 0.4) is 0 Å². The summed E-state index contributed by atoms with van der Waals surface area (Å²) in [6.07, 6.45) is 2.23. The Kier molecular flexibility index (Phi) is 4.04. The SMILES string of the molecule is NCCc1ccc(Nc2nccc(C(=O)O)n2)cc1. The standard InChI is InChI=1S/C13H14N4O2/c14-7-5-9-1-3-10(4-2-9)16-13-15-8-6-11(17-13)12(18)19/h1-4,6,8H,5,7,14H2,(H,18,19)(H,15,16,17). The number of carbonyl (C=O) groups is 1. The van der Waals surface area contributed by atoms with Gasteiger partial charge in [0.25, 0.3) is 0 Å². The van der Waals surface area contributed by atoms with Gasteiger partial charge in [0.1, 0.15) is 0 Å². The fraction of sp³-hybridized carbons (Fsp3) is 0.154. The molecule has 0 aliphatic carbocycles. The van der Waals surface area contributed by atoms with Crippen molar-refractivity contribution in [2.24, 2.45) is 5.73 Å². The van der Waals surface area contributed by atoms with Crippen LogP contribution in [-0.2, 0) is 6.42 Å². The van der Waals surface area contributed by atoms with Crippen LogP contribution >= 0.6 is 0 Å². The van der Waals surface area contributed by atoms with Gasteiger partial charge in [0.2, 0.25) is 5.95 Å². The van der Waals surface area contributed by atoms with Crippen molar-refractivity contribution in [3.8, 4) is 0 Å². The fourth-order valence-corrected chi connectivity index (χ4v) is 1.59. The molecule has 0 spiro atoms. The quantitative estimate of drug-likeness (QED) is 0.749. The van der Waals surface area contributed by atoms with E-state index < -0.39 is 5.97 Å². The Morgan fingerprint density at radius 3 is 2.63 bits per heavy atom. The number of hydrogen-bond donors (Lipinski definition) is 3. The van der Waals surface area contributed by atoms with E-state index in [4.69, 9.17) is 10.8 Å². The summed E-state index contributed by atoms with van der Waals surface area (Å²) in [6.45, 7) is 0.608. The summed E-state index contributed by atoms with van der Waals surface area (Å²) in [6, 6.07) is 9.01. The van der Waals surface area contributed by atoms with Crippen LogP contribution in [-0.4, -0.2) is 27.6 Å². The van der Waals surface area contributed by atoms with Crippen molar-refractivity contribution in [1.29, 1.82) is 0 Å². The first kappa shape index (κ1) is 13.0. The van der Waals surface area contributed by atoms with Crippen LogP contribution in [0, 0.1) is 0 Å². The molecule has 6 heteroatoms. The van der Waals surface area contributed by atoms with Crippen molar-refractivity contribution in [2.75, 3.05) is 11.9 Å². The van der Waals surface area contributed by atoms with Gasteiger partial charge in [-0.3, -0.25) is 0 Å². The fourth-order valence-electron chi connectivity index (χ4n) is 1.59. The molecule has 2 rings (SSSR count). The van der Waals surface area contributed by atoms with E-state index in [1.165, 1.54) is 12.3 Å². The predicted octanol–water partition coefficient (Wildman–Crippen LogP) is 1.42. The molecule has 0 saturated carbocycles. The Morgan fingerprint density at radius 1 is 1.26 bits per heavy atom. The first-order valence-electron chi connectivity index (χ1n) is 5.81. The van der Waals surface area contributed by atoms with Crippen LogP contribution in [0.15, 0.2) is 36.5 Å². The Hall–Kier alpha value is -2.47. The van der Waals surface area contributed by atoms with E-state index in [1.807, 2.05) is 24.3 Å². The minimum atomic E-state index is -1.08. The Balaban J connectivity index is 2.12. The van der Waals surface area contributed by atoms with Gasteiger partial charge in [-0.1, -0.05) is 12.1 Å². The van der Waals surface area contributed by atoms with Gasteiger partial charge in [-0.25, -0.2) is 14.8 Å². The van der Waals surface area contributed by atoms with Gasteiger partial charge < -0.3 is 16.2 Å². The number of carboxylic acids is 1. The number of aromatic carboxylic acids is 1. The molecular formula is C13H14N4O2. The van der Waals surface area contributed by atoms with Gasteiger partial charge in [-0.15, -0.1) is 0 Å². The molecule has 0 radical (unpaired) electrons. The summed E-state index contributed by atoms with van der Waals surface area (Å²) in [5.74, 6) is -0.824. The summed E-state index contributed by atoms with van der Waals surface area (Å²) in [7, 11) is 0. The third kappa shape index (κ3) is 3.49. The highest BCUT2D eigenvalue weighted by Gasteiger charge is 2.06. The highest BCUT2D eigenvalue weighted by atomic mass is 16.4. The molecule has 0 aliphatic rings. The molecule has 1 aromatic carbocycles. The number of aromatic nitrogens is 2. The number of anilines is 2. The van der Waals surface area contributed by atoms with Crippen molar-refractivity contribution in [3.05, 3.63) is 47.8 Å². The first-order chi connectivity index (χ1) is 9.19. The summed E-state index contributed by atoms with van der Waals surface area (Å²) >= 11 is 0. The van der Waals surface area contributed by atoms with Crippen molar-refractivity contribution in [2.45, 2.75) is 6.42 Å². The van der Waals surface area contributed by atoms with Crippen LogP contribution < -0.4 is 11.1 Å². The Morgan fingerprint density at radius 2 is 2.00 bits per heavy atom. The lowest BCUT2D eigenvalue weighted by atomic mass is 10.1. The van der Waals surface area contributed by atoms with Crippen LogP contribution in [0.1, 0.15) is 16.1 Å². The van der Waals surface area contributed by atoms with E-state index in [0.29, 0.717) is 6.54 Å². The molecule has 0 bridgehead atoms. The number of hydrogen-bond acceptors (Lipinski definition) is 5. The lowest BCUT2D eigenvalue weighted by Crippen LogP contribution is -2.05. The van der Waals surface area contributed by atoms with E-state index >= 15 is 0 Å². The molecule has 0 aliphatic heterocycles. The predicted molar refractivity (Wildman–Crippen MR) is 71.5 cm³/mol. The lowest BCUT2D eigenvalue weighted by molar-refractivity contribution is 0.0690. The number of benzene rings is 1. The average Bonchev–Trinajstić information content (AvgIpc) is 2.42. The zero-order valence-electron chi connectivity index (χ0n) is 10.2. The van der Waals surface area contributed by atoms with Gasteiger partial charge >= 0.3 is 5.97 Å². The monoisotopic (exact) mass is 258 g/mol. The molecule has 0 saturated heterocycles. The molecule has 0 unspecified atom stereocenters. The molecule has 6 nitrogen and oxygen atoms in total. The number of nitrogens with two attached hydrogens (primary N) is 1. The maximum absolute atomic E-state index is 10.8. The van der Waals surface area contributed by atoms with Crippen LogP contribution in [0.25, 0.3) is 0 Å². The minimum Gasteiger partial charge on any atom is -0.477 e. The average molecular weight is 258 g/mol. The number of rotatable bonds is 5. The van der Waals surface area contributed by atoms with E-state index in [9.17, 15) is 4.79 Å². The van der Waals surface area contributed by atoms with Crippen molar-refractivity contribution in [1.82, 2.24) is 9.97 Å². The van der Waals surface area contributed by atoms with Crippen molar-refractivity contribution >= 4 is 17.6 Å². The normalized spacial score (nSPS) is 10.2. The molecule has 0 atom stereocenters. The first-order valence-corrected chi connectivity index (χ1v) is 5.81. The van der Waals surface area contributed by atoms with Crippen LogP contribution in [0.4, 0.5) is 11.6 Å². The number of nitrogens with one attached hydrogen (secondary N) is 1. The summed E-state index contributed by atoms with van der Waals surface area (Å²) in [5, 5.41) is 11.8. The number of nitrogens with zero attached hydrogens (tertiary/aromatic N) is 2. The van der Waals surface area contributed by atoms with Crippen molar-refractivity contribution < 1.29 is 9.90 Å². The highest BCUT2D eigenvalue weighted by Crippen LogP contribution is 2.14. The third-order valence-corrected chi connectivity index (χ3v) is 2.52. The second-order valence-electron chi connectivity index (χ2n) is 3.93. The summed E-state index contributed by atoms with van der Waals surface area (Å²) in [4.78, 5) is 18.6. The maximum atomic E-state index is 10.8. The maximum Gasteiger partial charge on any atom is 0.354 e. The molecule has 19 heavy (non-hydrogen) atoms. The molecule has 0 amide bonds. The van der Waals surface area contributed by atoms with Gasteiger partial charge in [0.15, 0.2) is 5.69 Å². The van der Waals surface area contributed by atoms with Crippen LogP contribution in [0.2, 0.25) is 0 Å². The van der Waals surface area contributed by atoms with Crippen molar-refractivity contribution in [3.63, 3.8) is 0 Å². The molecule has 1 heterocycles. The zero-order valence-corrected chi connectivity index (χ0v) is 10.2. The molecule has 0 fully saturated rings.